The van der Waals surface area contributed by atoms with Crippen molar-refractivity contribution in [1.29, 1.82) is 0 Å². The Morgan fingerprint density at radius 3 is 1.79 bits per heavy atom. The predicted molar refractivity (Wildman–Crippen MR) is 237 cm³/mol. The van der Waals surface area contributed by atoms with Crippen LogP contribution in [-0.4, -0.2) is 26.1 Å². The topological polar surface area (TPSA) is 35.0 Å². The molecule has 0 amide bonds. The molecule has 0 saturated heterocycles. The molecule has 56 heavy (non-hydrogen) atoms. The van der Waals surface area contributed by atoms with E-state index in [4.69, 9.17) is 14.7 Å². The van der Waals surface area contributed by atoms with E-state index < -0.39 is 16.1 Å². The second-order valence-electron chi connectivity index (χ2n) is 17.2. The van der Waals surface area contributed by atoms with E-state index in [1.165, 1.54) is 33.4 Å². The Kier molecular flexibility index (Phi) is 12.3. The summed E-state index contributed by atoms with van der Waals surface area (Å²) in [6.07, 6.45) is 3.92. The van der Waals surface area contributed by atoms with Gasteiger partial charge in [0.2, 0.25) is 0 Å². The fraction of sp³-hybridized carbons (Fsp3) is 0.200. The minimum Gasteiger partial charge on any atom is -0.497 e. The van der Waals surface area contributed by atoms with E-state index in [-0.39, 0.29) is 26.1 Å². The minimum atomic E-state index is -1.67. The molecule has 2 aromatic heterocycles. The van der Waals surface area contributed by atoms with Crippen LogP contribution in [0.3, 0.4) is 0 Å². The van der Waals surface area contributed by atoms with Crippen LogP contribution >= 0.6 is 0 Å². The van der Waals surface area contributed by atoms with Crippen molar-refractivity contribution >= 4 is 16.1 Å². The molecule has 0 bridgehead atoms. The van der Waals surface area contributed by atoms with Gasteiger partial charge in [-0.1, -0.05) is 174 Å². The monoisotopic (exact) mass is 945 g/mol. The molecule has 0 unspecified atom stereocenters. The number of hydrogen-bond acceptors (Lipinski definition) is 3. The Morgan fingerprint density at radius 2 is 1.20 bits per heavy atom. The summed E-state index contributed by atoms with van der Waals surface area (Å²) in [4.78, 5) is 9.83. The van der Waals surface area contributed by atoms with E-state index in [1.807, 2.05) is 24.5 Å². The van der Waals surface area contributed by atoms with Gasteiger partial charge < -0.3 is 14.7 Å². The van der Waals surface area contributed by atoms with Gasteiger partial charge in [0.1, 0.15) is 0 Å². The van der Waals surface area contributed by atoms with Gasteiger partial charge in [0.05, 0.1) is 8.07 Å². The SMILES string of the molecule is CC(C)(c1cc(Oc2[c-]c(-c3cc(C[Si](C)(C)C)ccn3)ccc2)[c-]c(-c2ccc(-c3c(-c4ccccc4)cccc3-c3ccccc3)cn2)c1)[Si](C)(C)C.[Pt+2]. The van der Waals surface area contributed by atoms with Crippen LogP contribution in [-0.2, 0) is 32.1 Å². The first-order valence-corrected chi connectivity index (χ1v) is 26.4. The summed E-state index contributed by atoms with van der Waals surface area (Å²) in [5, 5.41) is -0.0413. The van der Waals surface area contributed by atoms with Crippen LogP contribution in [0.4, 0.5) is 0 Å². The largest absolute Gasteiger partial charge is 2.00 e. The van der Waals surface area contributed by atoms with Crippen LogP contribution in [0.2, 0.25) is 39.3 Å². The maximum Gasteiger partial charge on any atom is 2.00 e. The normalized spacial score (nSPS) is 11.9. The molecule has 0 aliphatic heterocycles. The van der Waals surface area contributed by atoms with E-state index in [9.17, 15) is 0 Å². The van der Waals surface area contributed by atoms with Crippen LogP contribution in [0.5, 0.6) is 11.5 Å². The number of nitrogens with zero attached hydrogens (tertiary/aromatic N) is 2. The second kappa shape index (κ2) is 16.8. The van der Waals surface area contributed by atoms with Gasteiger partial charge in [-0.25, -0.2) is 0 Å². The van der Waals surface area contributed by atoms with E-state index in [0.29, 0.717) is 11.5 Å². The Morgan fingerprint density at radius 1 is 0.571 bits per heavy atom. The number of benzene rings is 5. The smallest absolute Gasteiger partial charge is 0.497 e. The molecule has 0 radical (unpaired) electrons. The first-order chi connectivity index (χ1) is 26.2. The van der Waals surface area contributed by atoms with Gasteiger partial charge in [-0.15, -0.1) is 41.0 Å². The quantitative estimate of drug-likeness (QED) is 0.0957. The number of pyridine rings is 2. The van der Waals surface area contributed by atoms with Crippen molar-refractivity contribution in [1.82, 2.24) is 9.97 Å². The molecule has 0 fully saturated rings. The van der Waals surface area contributed by atoms with Crippen LogP contribution in [0.25, 0.3) is 55.9 Å². The summed E-state index contributed by atoms with van der Waals surface area (Å²) < 4.78 is 6.64. The second-order valence-corrected chi connectivity index (χ2v) is 28.5. The molecule has 0 aliphatic carbocycles. The number of ether oxygens (including phenoxy) is 1. The minimum absolute atomic E-state index is 0. The van der Waals surface area contributed by atoms with Crippen molar-refractivity contribution in [2.45, 2.75) is 64.2 Å². The molecule has 0 N–H and O–H groups in total. The molecule has 5 aromatic carbocycles. The first-order valence-electron chi connectivity index (χ1n) is 19.2. The third-order valence-corrected chi connectivity index (χ3v) is 16.3. The Labute approximate surface area is 350 Å². The summed E-state index contributed by atoms with van der Waals surface area (Å²) in [5.74, 6) is 1.29. The maximum atomic E-state index is 6.64. The van der Waals surface area contributed by atoms with Gasteiger partial charge in [0.25, 0.3) is 0 Å². The molecule has 7 rings (SSSR count). The average molecular weight is 946 g/mol. The molecule has 0 spiro atoms. The van der Waals surface area contributed by atoms with Crippen LogP contribution in [0, 0.1) is 12.1 Å². The van der Waals surface area contributed by atoms with Gasteiger partial charge in [-0.3, -0.25) is 0 Å². The zero-order chi connectivity index (χ0) is 38.8. The molecule has 2 heterocycles. The fourth-order valence-corrected chi connectivity index (χ4v) is 9.39. The number of aromatic nitrogens is 2. The molecule has 0 atom stereocenters. The number of rotatable bonds is 11. The van der Waals surface area contributed by atoms with Crippen LogP contribution in [0.1, 0.15) is 25.0 Å². The molecular formula is C50H50N2OPtSi2. The van der Waals surface area contributed by atoms with Crippen LogP contribution in [0.15, 0.2) is 146 Å². The zero-order valence-corrected chi connectivity index (χ0v) is 38.0. The summed E-state index contributed by atoms with van der Waals surface area (Å²) in [6.45, 7) is 19.2. The number of hydrogen-bond donors (Lipinski definition) is 0. The summed E-state index contributed by atoms with van der Waals surface area (Å²) in [6, 6.07) is 55.1. The van der Waals surface area contributed by atoms with Crippen molar-refractivity contribution in [2.24, 2.45) is 0 Å². The third-order valence-electron chi connectivity index (χ3n) is 10.8. The Balaban J connectivity index is 0.00000532. The maximum absolute atomic E-state index is 6.64. The van der Waals surface area contributed by atoms with E-state index >= 15 is 0 Å². The van der Waals surface area contributed by atoms with E-state index in [2.05, 4.69) is 187 Å². The van der Waals surface area contributed by atoms with Crippen molar-refractivity contribution in [2.75, 3.05) is 0 Å². The van der Waals surface area contributed by atoms with Gasteiger partial charge >= 0.3 is 21.1 Å². The van der Waals surface area contributed by atoms with Gasteiger partial charge in [0, 0.05) is 32.0 Å². The van der Waals surface area contributed by atoms with E-state index in [0.717, 1.165) is 39.7 Å². The Hall–Kier alpha value is -4.68. The Bertz CT molecular complexity index is 2360. The standard InChI is InChI=1S/C50H50N2OSi2.Pt/c1-50(2,55(6,7)8)42-30-41(32-44(33-42)53-43-22-15-21-39(31-43)48-29-36(27-28-51-48)35-54(3,4)5)47-26-25-40(34-52-47)49-45(37-17-11-9-12-18-37)23-16-24-46(49)38-19-13-10-14-20-38;/h9-30,33-34H,35H2,1-8H3;/q-2;+2. The fourth-order valence-electron chi connectivity index (χ4n) is 6.93. The van der Waals surface area contributed by atoms with E-state index in [1.54, 1.807) is 0 Å². The average Bonchev–Trinajstić information content (AvgIpc) is 3.17. The predicted octanol–water partition coefficient (Wildman–Crippen LogP) is 13.8. The molecule has 7 aromatic rings. The molecule has 6 heteroatoms. The molecule has 3 nitrogen and oxygen atoms in total. The summed E-state index contributed by atoms with van der Waals surface area (Å²) >= 11 is 0. The molecular weight excluding hydrogens is 896 g/mol. The summed E-state index contributed by atoms with van der Waals surface area (Å²) in [5.41, 5.74) is 13.0. The van der Waals surface area contributed by atoms with Gasteiger partial charge in [0.15, 0.2) is 0 Å². The van der Waals surface area contributed by atoms with Gasteiger partial charge in [-0.05, 0) is 61.9 Å². The van der Waals surface area contributed by atoms with Crippen LogP contribution < -0.4 is 4.74 Å². The molecule has 284 valence electrons. The first kappa shape index (κ1) is 41.0. The van der Waals surface area contributed by atoms with Crippen molar-refractivity contribution in [3.63, 3.8) is 0 Å². The molecule has 0 aliphatic rings. The molecule has 0 saturated carbocycles. The van der Waals surface area contributed by atoms with Crippen molar-refractivity contribution in [3.05, 3.63) is 169 Å². The van der Waals surface area contributed by atoms with Gasteiger partial charge in [-0.2, -0.15) is 0 Å². The summed E-state index contributed by atoms with van der Waals surface area (Å²) in [7, 11) is -2.95. The van der Waals surface area contributed by atoms with Crippen molar-refractivity contribution < 1.29 is 25.8 Å². The third kappa shape index (κ3) is 9.29. The van der Waals surface area contributed by atoms with Crippen molar-refractivity contribution in [3.8, 4) is 67.4 Å². The zero-order valence-electron chi connectivity index (χ0n) is 33.7.